The van der Waals surface area contributed by atoms with Gasteiger partial charge in [0.1, 0.15) is 0 Å². The van der Waals surface area contributed by atoms with Gasteiger partial charge in [-0.05, 0) is 30.7 Å². The van der Waals surface area contributed by atoms with Crippen molar-refractivity contribution in [1.82, 2.24) is 0 Å². The van der Waals surface area contributed by atoms with Crippen LogP contribution in [0.2, 0.25) is 0 Å². The highest BCUT2D eigenvalue weighted by Crippen LogP contribution is 2.37. The van der Waals surface area contributed by atoms with Gasteiger partial charge in [-0.2, -0.15) is 0 Å². The largest absolute Gasteiger partial charge is 0.365 e. The van der Waals surface area contributed by atoms with E-state index in [1.54, 1.807) is 0 Å². The Balaban J connectivity index is 1.79. The summed E-state index contributed by atoms with van der Waals surface area (Å²) in [6.07, 6.45) is 1.01. The zero-order chi connectivity index (χ0) is 16.2. The van der Waals surface area contributed by atoms with Crippen LogP contribution in [0.1, 0.15) is 13.3 Å². The van der Waals surface area contributed by atoms with Gasteiger partial charge < -0.3 is 9.80 Å². The highest BCUT2D eigenvalue weighted by atomic mass is 32.2. The standard InChI is InChI=1S/C19H22N2OS/c1-15-12-13-21(17-10-6-7-11-18(17)23-15)19(22)14-20(2)16-8-4-3-5-9-16/h3-11,15H,12-14H2,1-2H3/t15-/m0/s1. The van der Waals surface area contributed by atoms with Crippen molar-refractivity contribution in [2.24, 2.45) is 0 Å². The van der Waals surface area contributed by atoms with E-state index in [1.165, 1.54) is 4.90 Å². The number of nitrogens with zero attached hydrogens (tertiary/aromatic N) is 2. The lowest BCUT2D eigenvalue weighted by molar-refractivity contribution is -0.117. The maximum absolute atomic E-state index is 12.9. The van der Waals surface area contributed by atoms with E-state index in [4.69, 9.17) is 0 Å². The molecule has 3 rings (SSSR count). The molecule has 3 nitrogen and oxygen atoms in total. The summed E-state index contributed by atoms with van der Waals surface area (Å²) in [7, 11) is 1.97. The van der Waals surface area contributed by atoms with Gasteiger partial charge in [0.2, 0.25) is 5.91 Å². The summed E-state index contributed by atoms with van der Waals surface area (Å²) in [6, 6.07) is 18.3. The second kappa shape index (κ2) is 7.09. The number of hydrogen-bond donors (Lipinski definition) is 0. The second-order valence-electron chi connectivity index (χ2n) is 5.92. The first-order chi connectivity index (χ1) is 11.1. The lowest BCUT2D eigenvalue weighted by atomic mass is 10.2. The third-order valence-corrected chi connectivity index (χ3v) is 5.35. The van der Waals surface area contributed by atoms with Gasteiger partial charge in [0, 0.05) is 29.4 Å². The number of carbonyl (C=O) groups excluding carboxylic acids is 1. The van der Waals surface area contributed by atoms with Crippen LogP contribution in [0.25, 0.3) is 0 Å². The smallest absolute Gasteiger partial charge is 0.246 e. The molecule has 2 aromatic rings. The highest BCUT2D eigenvalue weighted by molar-refractivity contribution is 8.00. The molecule has 0 radical (unpaired) electrons. The van der Waals surface area contributed by atoms with Crippen LogP contribution >= 0.6 is 11.8 Å². The van der Waals surface area contributed by atoms with E-state index >= 15 is 0 Å². The Kier molecular flexibility index (Phi) is 4.91. The molecule has 23 heavy (non-hydrogen) atoms. The molecule has 0 aromatic heterocycles. The second-order valence-corrected chi connectivity index (χ2v) is 7.40. The van der Waals surface area contributed by atoms with Gasteiger partial charge in [0.15, 0.2) is 0 Å². The first-order valence-corrected chi connectivity index (χ1v) is 8.85. The predicted octanol–water partition coefficient (Wildman–Crippen LogP) is 4.04. The van der Waals surface area contributed by atoms with Crippen LogP contribution in [0, 0.1) is 0 Å². The van der Waals surface area contributed by atoms with Crippen molar-refractivity contribution in [3.8, 4) is 0 Å². The van der Waals surface area contributed by atoms with Crippen molar-refractivity contribution in [2.45, 2.75) is 23.5 Å². The molecule has 2 aromatic carbocycles. The fourth-order valence-corrected chi connectivity index (χ4v) is 3.92. The molecule has 1 aliphatic rings. The van der Waals surface area contributed by atoms with Crippen LogP contribution in [0.15, 0.2) is 59.5 Å². The Hall–Kier alpha value is -1.94. The van der Waals surface area contributed by atoms with Gasteiger partial charge in [-0.3, -0.25) is 4.79 Å². The minimum absolute atomic E-state index is 0.151. The lowest BCUT2D eigenvalue weighted by Crippen LogP contribution is -2.40. The van der Waals surface area contributed by atoms with Gasteiger partial charge in [-0.1, -0.05) is 37.3 Å². The number of fused-ring (bicyclic) bond motifs is 1. The van der Waals surface area contributed by atoms with Crippen molar-refractivity contribution >= 4 is 29.0 Å². The number of rotatable bonds is 3. The number of likely N-dealkylation sites (N-methyl/N-ethyl adjacent to an activating group) is 1. The minimum atomic E-state index is 0.151. The quantitative estimate of drug-likeness (QED) is 0.850. The molecule has 0 unspecified atom stereocenters. The predicted molar refractivity (Wildman–Crippen MR) is 98.4 cm³/mol. The van der Waals surface area contributed by atoms with E-state index in [2.05, 4.69) is 19.1 Å². The first kappa shape index (κ1) is 15.9. The molecule has 0 saturated heterocycles. The van der Waals surface area contributed by atoms with Crippen molar-refractivity contribution in [1.29, 1.82) is 0 Å². The number of thioether (sulfide) groups is 1. The molecule has 0 spiro atoms. The molecular weight excluding hydrogens is 304 g/mol. The molecule has 0 saturated carbocycles. The molecule has 0 N–H and O–H groups in total. The Labute approximate surface area is 142 Å². The molecule has 1 aliphatic heterocycles. The number of anilines is 2. The first-order valence-electron chi connectivity index (χ1n) is 7.97. The maximum Gasteiger partial charge on any atom is 0.246 e. The normalized spacial score (nSPS) is 17.3. The number of benzene rings is 2. The van der Waals surface area contributed by atoms with E-state index in [9.17, 15) is 4.79 Å². The summed E-state index contributed by atoms with van der Waals surface area (Å²) < 4.78 is 0. The van der Waals surface area contributed by atoms with Crippen molar-refractivity contribution < 1.29 is 4.79 Å². The topological polar surface area (TPSA) is 23.6 Å². The third kappa shape index (κ3) is 3.70. The SMILES string of the molecule is C[C@H]1CCN(C(=O)CN(C)c2ccccc2)c2ccccc2S1. The van der Waals surface area contributed by atoms with Crippen LogP contribution in [0.4, 0.5) is 11.4 Å². The van der Waals surface area contributed by atoms with Crippen LogP contribution < -0.4 is 9.80 Å². The summed E-state index contributed by atoms with van der Waals surface area (Å²) in [4.78, 5) is 18.0. The van der Waals surface area contributed by atoms with Crippen LogP contribution in [-0.2, 0) is 4.79 Å². The molecular formula is C19H22N2OS. The molecule has 0 bridgehead atoms. The summed E-state index contributed by atoms with van der Waals surface area (Å²) in [5.74, 6) is 0.151. The summed E-state index contributed by atoms with van der Waals surface area (Å²) in [6.45, 7) is 3.40. The number of carbonyl (C=O) groups is 1. The maximum atomic E-state index is 12.9. The third-order valence-electron chi connectivity index (χ3n) is 4.11. The van der Waals surface area contributed by atoms with E-state index in [0.717, 1.165) is 24.3 Å². The van der Waals surface area contributed by atoms with Gasteiger partial charge in [-0.25, -0.2) is 0 Å². The van der Waals surface area contributed by atoms with Gasteiger partial charge in [-0.15, -0.1) is 11.8 Å². The summed E-state index contributed by atoms with van der Waals surface area (Å²) in [5, 5.41) is 0.529. The van der Waals surface area contributed by atoms with Crippen molar-refractivity contribution in [3.63, 3.8) is 0 Å². The molecule has 0 fully saturated rings. The van der Waals surface area contributed by atoms with Crippen LogP contribution in [-0.4, -0.2) is 31.3 Å². The highest BCUT2D eigenvalue weighted by Gasteiger charge is 2.24. The van der Waals surface area contributed by atoms with Gasteiger partial charge >= 0.3 is 0 Å². The van der Waals surface area contributed by atoms with E-state index in [-0.39, 0.29) is 5.91 Å². The summed E-state index contributed by atoms with van der Waals surface area (Å²) >= 11 is 1.86. The van der Waals surface area contributed by atoms with Crippen LogP contribution in [0.3, 0.4) is 0 Å². The Morgan fingerprint density at radius 2 is 1.87 bits per heavy atom. The monoisotopic (exact) mass is 326 g/mol. The van der Waals surface area contributed by atoms with Gasteiger partial charge in [0.25, 0.3) is 0 Å². The molecule has 1 atom stereocenters. The van der Waals surface area contributed by atoms with Crippen LogP contribution in [0.5, 0.6) is 0 Å². The molecule has 4 heteroatoms. The van der Waals surface area contributed by atoms with E-state index in [0.29, 0.717) is 11.8 Å². The summed E-state index contributed by atoms with van der Waals surface area (Å²) in [5.41, 5.74) is 2.11. The molecule has 120 valence electrons. The number of para-hydroxylation sites is 2. The zero-order valence-corrected chi connectivity index (χ0v) is 14.4. The number of hydrogen-bond acceptors (Lipinski definition) is 3. The molecule has 1 amide bonds. The average molecular weight is 326 g/mol. The Bertz CT molecular complexity index is 674. The Morgan fingerprint density at radius 1 is 1.17 bits per heavy atom. The number of amides is 1. The fourth-order valence-electron chi connectivity index (χ4n) is 2.81. The van der Waals surface area contributed by atoms with E-state index in [1.807, 2.05) is 71.1 Å². The van der Waals surface area contributed by atoms with E-state index < -0.39 is 0 Å². The van der Waals surface area contributed by atoms with Crippen molar-refractivity contribution in [3.05, 3.63) is 54.6 Å². The molecule has 0 aliphatic carbocycles. The zero-order valence-electron chi connectivity index (χ0n) is 13.6. The fraction of sp³-hybridized carbons (Fsp3) is 0.316. The average Bonchev–Trinajstić information content (AvgIpc) is 2.73. The minimum Gasteiger partial charge on any atom is -0.365 e. The lowest BCUT2D eigenvalue weighted by Gasteiger charge is -2.26. The van der Waals surface area contributed by atoms with Gasteiger partial charge in [0.05, 0.1) is 12.2 Å². The van der Waals surface area contributed by atoms with Crippen molar-refractivity contribution in [2.75, 3.05) is 29.9 Å². The molecule has 1 heterocycles. The Morgan fingerprint density at radius 3 is 2.65 bits per heavy atom.